The lowest BCUT2D eigenvalue weighted by atomic mass is 10.0. The Morgan fingerprint density at radius 1 is 0.667 bits per heavy atom. The van der Waals surface area contributed by atoms with E-state index >= 15 is 0 Å². The third kappa shape index (κ3) is 2.81. The van der Waals surface area contributed by atoms with E-state index < -0.39 is 5.66 Å². The topological polar surface area (TPSA) is 58.3 Å². The molecule has 1 aliphatic rings. The van der Waals surface area contributed by atoms with E-state index in [-0.39, 0.29) is 0 Å². The Kier molecular flexibility index (Phi) is 4.22. The first kappa shape index (κ1) is 20.9. The van der Waals surface area contributed by atoms with Crippen LogP contribution >= 0.6 is 0 Å². The minimum atomic E-state index is -0.525. The second-order valence-corrected chi connectivity index (χ2v) is 9.88. The average molecular weight is 472 g/mol. The highest BCUT2D eigenvalue weighted by atomic mass is 16.3. The van der Waals surface area contributed by atoms with E-state index in [2.05, 4.69) is 78.0 Å². The predicted octanol–water partition coefficient (Wildman–Crippen LogP) is 7.57. The third-order valence-electron chi connectivity index (χ3n) is 7.11. The van der Waals surface area contributed by atoms with Gasteiger partial charge in [-0.15, -0.1) is 0 Å². The van der Waals surface area contributed by atoms with Crippen molar-refractivity contribution in [1.29, 1.82) is 0 Å². The van der Waals surface area contributed by atoms with Crippen molar-refractivity contribution < 1.29 is 4.42 Å². The van der Waals surface area contributed by atoms with Gasteiger partial charge in [0.05, 0.1) is 16.7 Å². The van der Waals surface area contributed by atoms with Gasteiger partial charge in [-0.25, -0.2) is 15.0 Å². The lowest BCUT2D eigenvalue weighted by Crippen LogP contribution is -2.48. The van der Waals surface area contributed by atoms with Crippen LogP contribution in [0.2, 0.25) is 0 Å². The Bertz CT molecular complexity index is 1810. The second kappa shape index (κ2) is 7.28. The van der Waals surface area contributed by atoms with E-state index in [1.54, 1.807) is 0 Å². The van der Waals surface area contributed by atoms with Gasteiger partial charge in [0.25, 0.3) is 0 Å². The van der Waals surface area contributed by atoms with E-state index in [4.69, 9.17) is 14.4 Å². The molecule has 6 nitrogen and oxygen atoms in total. The fourth-order valence-electron chi connectivity index (χ4n) is 5.47. The smallest absolute Gasteiger partial charge is 0.227 e. The molecule has 3 aromatic carbocycles. The number of para-hydroxylation sites is 3. The van der Waals surface area contributed by atoms with Crippen molar-refractivity contribution in [2.45, 2.75) is 33.4 Å². The van der Waals surface area contributed by atoms with E-state index in [1.807, 2.05) is 43.3 Å². The molecule has 3 aromatic heterocycles. The van der Waals surface area contributed by atoms with Crippen molar-refractivity contribution in [3.05, 3.63) is 90.1 Å². The van der Waals surface area contributed by atoms with Crippen LogP contribution < -0.4 is 9.80 Å². The zero-order valence-electron chi connectivity index (χ0n) is 20.6. The molecule has 0 atom stereocenters. The van der Waals surface area contributed by atoms with Crippen LogP contribution in [0.25, 0.3) is 33.1 Å². The number of benzene rings is 3. The van der Waals surface area contributed by atoms with E-state index in [0.717, 1.165) is 61.7 Å². The molecular formula is C30H25N5O. The number of aryl methyl sites for hydroxylation is 2. The average Bonchev–Trinajstić information content (AvgIpc) is 3.33. The maximum atomic E-state index is 6.47. The van der Waals surface area contributed by atoms with Gasteiger partial charge in [0.1, 0.15) is 5.66 Å². The highest BCUT2D eigenvalue weighted by Crippen LogP contribution is 2.53. The van der Waals surface area contributed by atoms with Crippen molar-refractivity contribution >= 4 is 56.1 Å². The van der Waals surface area contributed by atoms with Crippen LogP contribution in [-0.4, -0.2) is 20.6 Å². The SMILES string of the molecule is Cc1ccc2c(n1)oc1c(N3c4nc5ccccc5nc4N(c4ccccc4)C3(C)C)c(C)ccc12. The predicted molar refractivity (Wildman–Crippen MR) is 145 cm³/mol. The van der Waals surface area contributed by atoms with Gasteiger partial charge in [-0.3, -0.25) is 9.80 Å². The molecule has 4 heterocycles. The summed E-state index contributed by atoms with van der Waals surface area (Å²) in [4.78, 5) is 19.5. The summed E-state index contributed by atoms with van der Waals surface area (Å²) in [5, 5.41) is 2.06. The Balaban J connectivity index is 1.58. The Morgan fingerprint density at radius 3 is 2.03 bits per heavy atom. The van der Waals surface area contributed by atoms with Gasteiger partial charge < -0.3 is 4.42 Å². The molecular weight excluding hydrogens is 446 g/mol. The first-order valence-corrected chi connectivity index (χ1v) is 12.2. The molecule has 36 heavy (non-hydrogen) atoms. The van der Waals surface area contributed by atoms with Crippen LogP contribution in [0, 0.1) is 13.8 Å². The number of rotatable bonds is 2. The summed E-state index contributed by atoms with van der Waals surface area (Å²) in [5.41, 5.74) is 6.74. The van der Waals surface area contributed by atoms with Crippen LogP contribution in [0.15, 0.2) is 83.3 Å². The highest BCUT2D eigenvalue weighted by molar-refractivity contribution is 6.10. The van der Waals surface area contributed by atoms with Crippen LogP contribution in [0.3, 0.4) is 0 Å². The summed E-state index contributed by atoms with van der Waals surface area (Å²) in [6.45, 7) is 8.52. The number of hydrogen-bond acceptors (Lipinski definition) is 6. The highest BCUT2D eigenvalue weighted by Gasteiger charge is 2.48. The molecule has 0 aliphatic carbocycles. The van der Waals surface area contributed by atoms with Crippen LogP contribution in [-0.2, 0) is 0 Å². The van der Waals surface area contributed by atoms with Gasteiger partial charge in [-0.05, 0) is 69.7 Å². The molecule has 6 heteroatoms. The third-order valence-corrected chi connectivity index (χ3v) is 7.11. The van der Waals surface area contributed by atoms with Crippen LogP contribution in [0.4, 0.5) is 23.0 Å². The number of pyridine rings is 1. The van der Waals surface area contributed by atoms with E-state index in [0.29, 0.717) is 5.71 Å². The fraction of sp³-hybridized carbons (Fsp3) is 0.167. The van der Waals surface area contributed by atoms with Crippen LogP contribution in [0.5, 0.6) is 0 Å². The van der Waals surface area contributed by atoms with Gasteiger partial charge in [-0.1, -0.05) is 42.5 Å². The van der Waals surface area contributed by atoms with Gasteiger partial charge in [-0.2, -0.15) is 0 Å². The summed E-state index contributed by atoms with van der Waals surface area (Å²) < 4.78 is 6.47. The summed E-state index contributed by atoms with van der Waals surface area (Å²) in [5.74, 6) is 1.63. The Hall–Kier alpha value is -4.45. The zero-order chi connectivity index (χ0) is 24.6. The maximum absolute atomic E-state index is 6.47. The van der Waals surface area contributed by atoms with Gasteiger partial charge in [0.2, 0.25) is 5.71 Å². The van der Waals surface area contributed by atoms with Crippen molar-refractivity contribution in [2.24, 2.45) is 0 Å². The van der Waals surface area contributed by atoms with Crippen LogP contribution in [0.1, 0.15) is 25.1 Å². The lowest BCUT2D eigenvalue weighted by Gasteiger charge is -2.40. The van der Waals surface area contributed by atoms with Crippen molar-refractivity contribution in [2.75, 3.05) is 9.80 Å². The Labute approximate surface area is 208 Å². The van der Waals surface area contributed by atoms with Gasteiger partial charge in [0.15, 0.2) is 17.2 Å². The summed E-state index contributed by atoms with van der Waals surface area (Å²) >= 11 is 0. The minimum Gasteiger partial charge on any atom is -0.435 e. The normalized spacial score (nSPS) is 14.8. The molecule has 0 amide bonds. The first-order chi connectivity index (χ1) is 17.4. The number of anilines is 4. The molecule has 0 unspecified atom stereocenters. The molecule has 0 spiro atoms. The van der Waals surface area contributed by atoms with E-state index in [9.17, 15) is 0 Å². The Morgan fingerprint density at radius 2 is 1.31 bits per heavy atom. The lowest BCUT2D eigenvalue weighted by molar-refractivity contribution is 0.533. The van der Waals surface area contributed by atoms with Crippen molar-refractivity contribution in [1.82, 2.24) is 15.0 Å². The monoisotopic (exact) mass is 471 g/mol. The summed E-state index contributed by atoms with van der Waals surface area (Å²) in [7, 11) is 0. The first-order valence-electron chi connectivity index (χ1n) is 12.2. The molecule has 1 aliphatic heterocycles. The quantitative estimate of drug-likeness (QED) is 0.260. The molecule has 0 fully saturated rings. The molecule has 0 saturated carbocycles. The standard InChI is InChI=1S/C30H25N5O/c1-18-14-16-21-22-17-15-19(2)31-29(22)36-26(21)25(18)35-28-27(32-23-12-8-9-13-24(23)33-28)34(30(35,3)4)20-10-6-5-7-11-20/h5-17H,1-4H3. The maximum Gasteiger partial charge on any atom is 0.227 e. The molecule has 6 aromatic rings. The molecule has 0 bridgehead atoms. The largest absolute Gasteiger partial charge is 0.435 e. The van der Waals surface area contributed by atoms with Gasteiger partial charge >= 0.3 is 0 Å². The minimum absolute atomic E-state index is 0.525. The summed E-state index contributed by atoms with van der Waals surface area (Å²) in [6.07, 6.45) is 0. The molecule has 0 saturated heterocycles. The fourth-order valence-corrected chi connectivity index (χ4v) is 5.47. The second-order valence-electron chi connectivity index (χ2n) is 9.88. The van der Waals surface area contributed by atoms with Crippen molar-refractivity contribution in [3.8, 4) is 0 Å². The molecule has 7 rings (SSSR count). The summed E-state index contributed by atoms with van der Waals surface area (Å²) in [6, 6.07) is 26.8. The number of hydrogen-bond donors (Lipinski definition) is 0. The molecule has 0 N–H and O–H groups in total. The number of nitrogens with zero attached hydrogens (tertiary/aromatic N) is 5. The van der Waals surface area contributed by atoms with Crippen molar-refractivity contribution in [3.63, 3.8) is 0 Å². The number of furan rings is 1. The molecule has 0 radical (unpaired) electrons. The number of aromatic nitrogens is 3. The van der Waals surface area contributed by atoms with Gasteiger partial charge in [0, 0.05) is 22.2 Å². The molecule has 176 valence electrons. The van der Waals surface area contributed by atoms with E-state index in [1.165, 1.54) is 0 Å². The zero-order valence-corrected chi connectivity index (χ0v) is 20.6. The number of fused-ring (bicyclic) bond motifs is 5.